The molecule has 0 fully saturated rings. The van der Waals surface area contributed by atoms with Gasteiger partial charge in [-0.1, -0.05) is 36.4 Å². The van der Waals surface area contributed by atoms with E-state index in [1.807, 2.05) is 37.3 Å². The van der Waals surface area contributed by atoms with E-state index in [0.717, 1.165) is 29.5 Å². The van der Waals surface area contributed by atoms with E-state index in [1.165, 1.54) is 23.8 Å². The molecule has 0 bridgehead atoms. The minimum atomic E-state index is -3.72. The fourth-order valence-corrected chi connectivity index (χ4v) is 3.43. The van der Waals surface area contributed by atoms with Crippen molar-refractivity contribution in [3.05, 3.63) is 66.0 Å². The number of rotatable bonds is 8. The maximum absolute atomic E-state index is 13.4. The Balaban J connectivity index is 1.96. The fourth-order valence-electron chi connectivity index (χ4n) is 2.58. The number of hydrogen-bond donors (Lipinski definition) is 1. The molecule has 0 aromatic heterocycles. The number of benzene rings is 2. The number of hydrogen-bond acceptors (Lipinski definition) is 3. The molecule has 140 valence electrons. The van der Waals surface area contributed by atoms with Crippen LogP contribution in [-0.2, 0) is 21.2 Å². The highest BCUT2D eigenvalue weighted by molar-refractivity contribution is 7.92. The van der Waals surface area contributed by atoms with Crippen molar-refractivity contribution < 1.29 is 17.6 Å². The number of anilines is 1. The summed E-state index contributed by atoms with van der Waals surface area (Å²) in [4.78, 5) is 12.3. The van der Waals surface area contributed by atoms with Gasteiger partial charge < -0.3 is 5.32 Å². The van der Waals surface area contributed by atoms with Gasteiger partial charge in [0.25, 0.3) is 0 Å². The van der Waals surface area contributed by atoms with Crippen LogP contribution in [0, 0.1) is 5.82 Å². The molecule has 2 rings (SSSR count). The lowest BCUT2D eigenvalue weighted by Crippen LogP contribution is -2.43. The minimum Gasteiger partial charge on any atom is -0.352 e. The zero-order chi connectivity index (χ0) is 19.2. The Bertz CT molecular complexity index is 841. The first kappa shape index (κ1) is 19.9. The van der Waals surface area contributed by atoms with Crippen LogP contribution in [0.1, 0.15) is 18.9 Å². The van der Waals surface area contributed by atoms with Crippen LogP contribution in [0.5, 0.6) is 0 Å². The van der Waals surface area contributed by atoms with Crippen molar-refractivity contribution in [2.75, 3.05) is 17.1 Å². The number of carbonyl (C=O) groups excluding carboxylic acids is 1. The largest absolute Gasteiger partial charge is 0.352 e. The molecule has 7 heteroatoms. The maximum Gasteiger partial charge on any atom is 0.240 e. The lowest BCUT2D eigenvalue weighted by atomic mass is 10.1. The zero-order valence-electron chi connectivity index (χ0n) is 14.9. The van der Waals surface area contributed by atoms with E-state index in [0.29, 0.717) is 0 Å². The van der Waals surface area contributed by atoms with Gasteiger partial charge in [0, 0.05) is 6.04 Å². The second kappa shape index (κ2) is 8.80. The van der Waals surface area contributed by atoms with Crippen LogP contribution >= 0.6 is 0 Å². The van der Waals surface area contributed by atoms with E-state index >= 15 is 0 Å². The molecule has 1 amide bonds. The molecule has 1 N–H and O–H groups in total. The number of amides is 1. The van der Waals surface area contributed by atoms with Crippen LogP contribution in [0.3, 0.4) is 0 Å². The highest BCUT2D eigenvalue weighted by Gasteiger charge is 2.21. The lowest BCUT2D eigenvalue weighted by Gasteiger charge is -2.23. The van der Waals surface area contributed by atoms with Crippen molar-refractivity contribution in [2.24, 2.45) is 0 Å². The van der Waals surface area contributed by atoms with Crippen molar-refractivity contribution >= 4 is 21.6 Å². The van der Waals surface area contributed by atoms with Gasteiger partial charge in [-0.2, -0.15) is 0 Å². The quantitative estimate of drug-likeness (QED) is 0.768. The van der Waals surface area contributed by atoms with E-state index < -0.39 is 28.3 Å². The van der Waals surface area contributed by atoms with Crippen molar-refractivity contribution in [3.63, 3.8) is 0 Å². The molecule has 0 radical (unpaired) electrons. The predicted octanol–water partition coefficient (Wildman–Crippen LogP) is 2.73. The average molecular weight is 378 g/mol. The summed E-state index contributed by atoms with van der Waals surface area (Å²) in [5, 5.41) is 2.80. The van der Waals surface area contributed by atoms with Crippen LogP contribution in [-0.4, -0.2) is 33.2 Å². The first-order chi connectivity index (χ1) is 12.3. The molecule has 0 spiro atoms. The zero-order valence-corrected chi connectivity index (χ0v) is 15.7. The summed E-state index contributed by atoms with van der Waals surface area (Å²) in [7, 11) is -3.72. The molecule has 2 aromatic carbocycles. The molecule has 0 aliphatic heterocycles. The van der Waals surface area contributed by atoms with Crippen molar-refractivity contribution in [1.82, 2.24) is 5.32 Å². The lowest BCUT2D eigenvalue weighted by molar-refractivity contribution is -0.120. The highest BCUT2D eigenvalue weighted by atomic mass is 32.2. The summed E-state index contributed by atoms with van der Waals surface area (Å²) in [5.41, 5.74) is 1.30. The summed E-state index contributed by atoms with van der Waals surface area (Å²) >= 11 is 0. The van der Waals surface area contributed by atoms with Crippen LogP contribution in [0.4, 0.5) is 10.1 Å². The Hall–Kier alpha value is -2.41. The second-order valence-corrected chi connectivity index (χ2v) is 8.15. The molecule has 0 heterocycles. The first-order valence-electron chi connectivity index (χ1n) is 8.32. The molecule has 0 saturated heterocycles. The summed E-state index contributed by atoms with van der Waals surface area (Å²) < 4.78 is 38.3. The Morgan fingerprint density at radius 2 is 1.85 bits per heavy atom. The Morgan fingerprint density at radius 1 is 1.15 bits per heavy atom. The third-order valence-corrected chi connectivity index (χ3v) is 5.04. The molecule has 0 saturated carbocycles. The monoisotopic (exact) mass is 378 g/mol. The van der Waals surface area contributed by atoms with Crippen LogP contribution < -0.4 is 9.62 Å². The van der Waals surface area contributed by atoms with Gasteiger partial charge in [-0.3, -0.25) is 9.10 Å². The number of aryl methyl sites for hydroxylation is 1. The van der Waals surface area contributed by atoms with Gasteiger partial charge in [0.2, 0.25) is 15.9 Å². The molecule has 26 heavy (non-hydrogen) atoms. The second-order valence-electron chi connectivity index (χ2n) is 6.24. The Morgan fingerprint density at radius 3 is 2.46 bits per heavy atom. The highest BCUT2D eigenvalue weighted by Crippen LogP contribution is 2.18. The summed E-state index contributed by atoms with van der Waals surface area (Å²) in [5.74, 6) is -0.993. The maximum atomic E-state index is 13.4. The van der Waals surface area contributed by atoms with Gasteiger partial charge in [-0.15, -0.1) is 0 Å². The molecule has 1 atom stereocenters. The molecule has 5 nitrogen and oxygen atoms in total. The number of halogens is 1. The van der Waals surface area contributed by atoms with Gasteiger partial charge >= 0.3 is 0 Å². The first-order valence-corrected chi connectivity index (χ1v) is 10.2. The van der Waals surface area contributed by atoms with E-state index in [9.17, 15) is 17.6 Å². The molecule has 0 aliphatic carbocycles. The summed E-state index contributed by atoms with van der Waals surface area (Å²) in [6, 6.07) is 15.0. The summed E-state index contributed by atoms with van der Waals surface area (Å²) in [6.45, 7) is 1.48. The molecule has 0 unspecified atom stereocenters. The number of sulfonamides is 1. The molecule has 0 aliphatic rings. The van der Waals surface area contributed by atoms with Gasteiger partial charge in [0.1, 0.15) is 12.4 Å². The molecule has 2 aromatic rings. The number of nitrogens with zero attached hydrogens (tertiary/aromatic N) is 1. The van der Waals surface area contributed by atoms with E-state index in [1.54, 1.807) is 0 Å². The smallest absolute Gasteiger partial charge is 0.240 e. The van der Waals surface area contributed by atoms with Crippen molar-refractivity contribution in [2.45, 2.75) is 25.8 Å². The predicted molar refractivity (Wildman–Crippen MR) is 101 cm³/mol. The minimum absolute atomic E-state index is 0.114. The fraction of sp³-hybridized carbons (Fsp3) is 0.316. The topological polar surface area (TPSA) is 66.5 Å². The van der Waals surface area contributed by atoms with Gasteiger partial charge in [-0.25, -0.2) is 12.8 Å². The van der Waals surface area contributed by atoms with Crippen LogP contribution in [0.2, 0.25) is 0 Å². The van der Waals surface area contributed by atoms with Gasteiger partial charge in [-0.05, 0) is 43.5 Å². The Kier molecular flexibility index (Phi) is 6.74. The van der Waals surface area contributed by atoms with Gasteiger partial charge in [0.05, 0.1) is 11.9 Å². The van der Waals surface area contributed by atoms with Crippen LogP contribution in [0.25, 0.3) is 0 Å². The molecular formula is C19H23FN2O3S. The standard InChI is InChI=1S/C19H23FN2O3S/c1-15(11-12-16-7-4-3-5-8-16)21-19(23)14-22(26(2,24)25)18-10-6-9-17(20)13-18/h3-10,13,15H,11-12,14H2,1-2H3,(H,21,23)/t15-/m0/s1. The normalized spacial score (nSPS) is 12.4. The van der Waals surface area contributed by atoms with Gasteiger partial charge in [0.15, 0.2) is 0 Å². The third kappa shape index (κ3) is 6.15. The van der Waals surface area contributed by atoms with Crippen molar-refractivity contribution in [3.8, 4) is 0 Å². The van der Waals surface area contributed by atoms with Crippen LogP contribution in [0.15, 0.2) is 54.6 Å². The number of carbonyl (C=O) groups is 1. The van der Waals surface area contributed by atoms with E-state index in [2.05, 4.69) is 5.32 Å². The molecular weight excluding hydrogens is 355 g/mol. The Labute approximate surface area is 153 Å². The number of nitrogens with one attached hydrogen (secondary N) is 1. The van der Waals surface area contributed by atoms with E-state index in [-0.39, 0.29) is 11.7 Å². The average Bonchev–Trinajstić information content (AvgIpc) is 2.58. The summed E-state index contributed by atoms with van der Waals surface area (Å²) in [6.07, 6.45) is 2.53. The van der Waals surface area contributed by atoms with E-state index in [4.69, 9.17) is 0 Å². The SMILES string of the molecule is C[C@@H](CCc1ccccc1)NC(=O)CN(c1cccc(F)c1)S(C)(=O)=O. The van der Waals surface area contributed by atoms with Crippen molar-refractivity contribution in [1.29, 1.82) is 0 Å². The third-order valence-electron chi connectivity index (χ3n) is 3.90.